The van der Waals surface area contributed by atoms with Gasteiger partial charge in [-0.25, -0.2) is 5.01 Å². The highest BCUT2D eigenvalue weighted by molar-refractivity contribution is 6.03. The number of nitrogens with zero attached hydrogens (tertiary/aromatic N) is 2. The number of rotatable bonds is 6. The molecule has 0 aliphatic carbocycles. The van der Waals surface area contributed by atoms with Crippen molar-refractivity contribution in [2.24, 2.45) is 11.0 Å². The molecule has 0 fully saturated rings. The number of hydrazone groups is 1. The Morgan fingerprint density at radius 3 is 2.39 bits per heavy atom. The summed E-state index contributed by atoms with van der Waals surface area (Å²) in [7, 11) is 1.61. The van der Waals surface area contributed by atoms with Gasteiger partial charge in [0.25, 0.3) is 5.91 Å². The van der Waals surface area contributed by atoms with Crippen molar-refractivity contribution in [2.45, 2.75) is 26.3 Å². The average molecular weight is 380 g/mol. The molecule has 0 aromatic heterocycles. The summed E-state index contributed by atoms with van der Waals surface area (Å²) in [4.78, 5) is 24.5. The second-order valence-corrected chi connectivity index (χ2v) is 6.91. The molecular formula is C22H24N2O4. The molecule has 0 N–H and O–H groups in total. The van der Waals surface area contributed by atoms with Crippen molar-refractivity contribution in [1.82, 2.24) is 5.01 Å². The molecule has 0 spiro atoms. The van der Waals surface area contributed by atoms with Crippen molar-refractivity contribution in [3.05, 3.63) is 65.7 Å². The Morgan fingerprint density at radius 1 is 1.11 bits per heavy atom. The maximum Gasteiger partial charge on any atom is 0.308 e. The van der Waals surface area contributed by atoms with Gasteiger partial charge < -0.3 is 9.47 Å². The normalized spacial score (nSPS) is 16.1. The number of amides is 1. The molecule has 1 amide bonds. The summed E-state index contributed by atoms with van der Waals surface area (Å²) >= 11 is 0. The molecule has 146 valence electrons. The van der Waals surface area contributed by atoms with Gasteiger partial charge in [-0.2, -0.15) is 5.10 Å². The molecule has 1 aliphatic heterocycles. The Labute approximate surface area is 164 Å². The van der Waals surface area contributed by atoms with Crippen LogP contribution >= 0.6 is 0 Å². The largest absolute Gasteiger partial charge is 0.497 e. The van der Waals surface area contributed by atoms with Crippen LogP contribution in [0.15, 0.2) is 59.7 Å². The zero-order chi connectivity index (χ0) is 20.1. The lowest BCUT2D eigenvalue weighted by Gasteiger charge is -2.22. The van der Waals surface area contributed by atoms with E-state index in [9.17, 15) is 9.59 Å². The Balaban J connectivity index is 1.84. The van der Waals surface area contributed by atoms with Gasteiger partial charge in [0, 0.05) is 6.42 Å². The Bertz CT molecular complexity index is 860. The topological polar surface area (TPSA) is 68.2 Å². The smallest absolute Gasteiger partial charge is 0.308 e. The molecule has 0 saturated heterocycles. The average Bonchev–Trinajstić information content (AvgIpc) is 3.18. The van der Waals surface area contributed by atoms with Crippen molar-refractivity contribution < 1.29 is 19.1 Å². The van der Waals surface area contributed by atoms with E-state index >= 15 is 0 Å². The van der Waals surface area contributed by atoms with Crippen LogP contribution in [0, 0.1) is 5.92 Å². The lowest BCUT2D eigenvalue weighted by atomic mass is 9.98. The van der Waals surface area contributed by atoms with Gasteiger partial charge in [-0.1, -0.05) is 56.3 Å². The van der Waals surface area contributed by atoms with E-state index in [4.69, 9.17) is 9.47 Å². The zero-order valence-corrected chi connectivity index (χ0v) is 16.3. The maximum absolute atomic E-state index is 12.8. The SMILES string of the molecule is COc1ccc([C@H]2CC(c3ccccc3)=NN2C(=O)COC(=O)C(C)C)cc1. The van der Waals surface area contributed by atoms with Crippen molar-refractivity contribution in [3.63, 3.8) is 0 Å². The fourth-order valence-corrected chi connectivity index (χ4v) is 3.00. The number of benzene rings is 2. The third-order valence-corrected chi connectivity index (χ3v) is 4.58. The molecule has 1 aliphatic rings. The van der Waals surface area contributed by atoms with E-state index in [1.165, 1.54) is 5.01 Å². The molecule has 1 heterocycles. The van der Waals surface area contributed by atoms with E-state index in [0.717, 1.165) is 22.6 Å². The van der Waals surface area contributed by atoms with Gasteiger partial charge in [0.1, 0.15) is 5.75 Å². The summed E-state index contributed by atoms with van der Waals surface area (Å²) in [6.45, 7) is 3.14. The molecule has 6 heteroatoms. The van der Waals surface area contributed by atoms with Crippen molar-refractivity contribution in [1.29, 1.82) is 0 Å². The number of hydrogen-bond donors (Lipinski definition) is 0. The molecule has 28 heavy (non-hydrogen) atoms. The number of carbonyl (C=O) groups is 2. The van der Waals surface area contributed by atoms with Gasteiger partial charge in [0.15, 0.2) is 6.61 Å². The summed E-state index contributed by atoms with van der Waals surface area (Å²) < 4.78 is 10.3. The summed E-state index contributed by atoms with van der Waals surface area (Å²) in [5.74, 6) is -0.289. The third-order valence-electron chi connectivity index (χ3n) is 4.58. The molecule has 1 atom stereocenters. The molecule has 3 rings (SSSR count). The fourth-order valence-electron chi connectivity index (χ4n) is 3.00. The molecule has 0 radical (unpaired) electrons. The summed E-state index contributed by atoms with van der Waals surface area (Å²) in [6, 6.07) is 17.1. The monoisotopic (exact) mass is 380 g/mol. The highest BCUT2D eigenvalue weighted by atomic mass is 16.5. The minimum atomic E-state index is -0.402. The maximum atomic E-state index is 12.8. The minimum Gasteiger partial charge on any atom is -0.497 e. The van der Waals surface area contributed by atoms with Gasteiger partial charge >= 0.3 is 5.97 Å². The van der Waals surface area contributed by atoms with Crippen molar-refractivity contribution in [2.75, 3.05) is 13.7 Å². The van der Waals surface area contributed by atoms with Gasteiger partial charge in [-0.3, -0.25) is 9.59 Å². The lowest BCUT2D eigenvalue weighted by molar-refractivity contribution is -0.155. The highest BCUT2D eigenvalue weighted by Gasteiger charge is 2.33. The molecule has 2 aromatic rings. The first-order valence-electron chi connectivity index (χ1n) is 9.25. The van der Waals surface area contributed by atoms with Gasteiger partial charge in [-0.15, -0.1) is 0 Å². The summed E-state index contributed by atoms with van der Waals surface area (Å²) in [5.41, 5.74) is 2.74. The standard InChI is InChI=1S/C22H24N2O4/c1-15(2)22(26)28-14-21(25)24-20(17-9-11-18(27-3)12-10-17)13-19(23-24)16-7-5-4-6-8-16/h4-12,15,20H,13-14H2,1-3H3/t20-/m1/s1. The second-order valence-electron chi connectivity index (χ2n) is 6.91. The first-order valence-corrected chi connectivity index (χ1v) is 9.25. The predicted molar refractivity (Wildman–Crippen MR) is 106 cm³/mol. The zero-order valence-electron chi connectivity index (χ0n) is 16.3. The molecule has 6 nitrogen and oxygen atoms in total. The molecule has 2 aromatic carbocycles. The van der Waals surface area contributed by atoms with E-state index in [-0.39, 0.29) is 24.5 Å². The quantitative estimate of drug-likeness (QED) is 0.719. The van der Waals surface area contributed by atoms with Crippen LogP contribution in [0.3, 0.4) is 0 Å². The Kier molecular flexibility index (Phi) is 6.09. The van der Waals surface area contributed by atoms with Crippen LogP contribution in [0.2, 0.25) is 0 Å². The first kappa shape index (κ1) is 19.6. The molecule has 0 bridgehead atoms. The molecule has 0 saturated carbocycles. The second kappa shape index (κ2) is 8.69. The van der Waals surface area contributed by atoms with Gasteiger partial charge in [0.05, 0.1) is 24.8 Å². The third kappa shape index (κ3) is 4.39. The Hall–Kier alpha value is -3.15. The van der Waals surface area contributed by atoms with Crippen LogP contribution < -0.4 is 4.74 Å². The van der Waals surface area contributed by atoms with E-state index < -0.39 is 5.97 Å². The number of methoxy groups -OCH3 is 1. The van der Waals surface area contributed by atoms with Crippen LogP contribution in [0.25, 0.3) is 0 Å². The lowest BCUT2D eigenvalue weighted by Crippen LogP contribution is -2.32. The van der Waals surface area contributed by atoms with E-state index in [1.54, 1.807) is 21.0 Å². The molecule has 0 unspecified atom stereocenters. The van der Waals surface area contributed by atoms with Gasteiger partial charge in [0.2, 0.25) is 0 Å². The predicted octanol–water partition coefficient (Wildman–Crippen LogP) is 3.57. The number of hydrogen-bond acceptors (Lipinski definition) is 5. The van der Waals surface area contributed by atoms with Crippen molar-refractivity contribution >= 4 is 17.6 Å². The summed E-state index contributed by atoms with van der Waals surface area (Å²) in [6.07, 6.45) is 0.584. The number of ether oxygens (including phenoxy) is 2. The van der Waals surface area contributed by atoms with E-state index in [0.29, 0.717) is 6.42 Å². The highest BCUT2D eigenvalue weighted by Crippen LogP contribution is 2.33. The van der Waals surface area contributed by atoms with Crippen LogP contribution in [-0.2, 0) is 14.3 Å². The van der Waals surface area contributed by atoms with Crippen LogP contribution in [0.5, 0.6) is 5.75 Å². The Morgan fingerprint density at radius 2 is 1.79 bits per heavy atom. The van der Waals surface area contributed by atoms with Crippen LogP contribution in [0.1, 0.15) is 37.4 Å². The minimum absolute atomic E-state index is 0.258. The van der Waals surface area contributed by atoms with E-state index in [2.05, 4.69) is 5.10 Å². The first-order chi connectivity index (χ1) is 13.5. The number of carbonyl (C=O) groups excluding carboxylic acids is 2. The van der Waals surface area contributed by atoms with Gasteiger partial charge in [-0.05, 0) is 23.3 Å². The van der Waals surface area contributed by atoms with E-state index in [1.807, 2.05) is 54.6 Å². The van der Waals surface area contributed by atoms with Crippen molar-refractivity contribution in [3.8, 4) is 5.75 Å². The summed E-state index contributed by atoms with van der Waals surface area (Å²) in [5, 5.41) is 5.99. The van der Waals surface area contributed by atoms with Crippen LogP contribution in [-0.4, -0.2) is 36.3 Å². The fraction of sp³-hybridized carbons (Fsp3) is 0.318. The number of esters is 1. The molecular weight excluding hydrogens is 356 g/mol. The van der Waals surface area contributed by atoms with Crippen LogP contribution in [0.4, 0.5) is 0 Å².